The molecule has 0 spiro atoms. The van der Waals surface area contributed by atoms with Crippen LogP contribution in [0.5, 0.6) is 0 Å². The molecule has 2 aromatic rings. The summed E-state index contributed by atoms with van der Waals surface area (Å²) >= 11 is 0. The third-order valence-corrected chi connectivity index (χ3v) is 4.83. The summed E-state index contributed by atoms with van der Waals surface area (Å²) in [5, 5.41) is 6.25. The summed E-state index contributed by atoms with van der Waals surface area (Å²) in [6.45, 7) is 4.05. The summed E-state index contributed by atoms with van der Waals surface area (Å²) in [5.74, 6) is -0.286. The van der Waals surface area contributed by atoms with Crippen LogP contribution in [0.25, 0.3) is 0 Å². The number of nitrogens with one attached hydrogen (secondary N) is 2. The number of rotatable bonds is 6. The molecule has 0 unspecified atom stereocenters. The van der Waals surface area contributed by atoms with Crippen LogP contribution in [0.4, 0.5) is 8.78 Å². The second-order valence-corrected chi connectivity index (χ2v) is 6.74. The largest absolute Gasteiger partial charge is 0.356 e. The standard InChI is InChI=1S/C21H26F2N4.HI/c1-24-21(26-14-18-13-19(22)7-8-20(18)23)25-10-4-11-27-12-9-16-5-2-3-6-17(16)15-27;/h2-3,5-8,13H,4,9-12,14-15H2,1H3,(H2,24,25,26);1H. The minimum Gasteiger partial charge on any atom is -0.356 e. The predicted molar refractivity (Wildman–Crippen MR) is 120 cm³/mol. The molecule has 0 atom stereocenters. The van der Waals surface area contributed by atoms with Crippen molar-refractivity contribution in [3.63, 3.8) is 0 Å². The average molecular weight is 500 g/mol. The minimum atomic E-state index is -0.445. The highest BCUT2D eigenvalue weighted by Crippen LogP contribution is 2.18. The smallest absolute Gasteiger partial charge is 0.191 e. The summed E-state index contributed by atoms with van der Waals surface area (Å²) in [4.78, 5) is 6.59. The number of fused-ring (bicyclic) bond motifs is 1. The minimum absolute atomic E-state index is 0. The monoisotopic (exact) mass is 500 g/mol. The molecule has 0 saturated carbocycles. The van der Waals surface area contributed by atoms with Crippen molar-refractivity contribution in [2.45, 2.75) is 25.9 Å². The molecule has 0 saturated heterocycles. The first-order valence-corrected chi connectivity index (χ1v) is 9.33. The molecular formula is C21H27F2IN4. The molecule has 0 amide bonds. The van der Waals surface area contributed by atoms with Gasteiger partial charge in [-0.2, -0.15) is 0 Å². The zero-order chi connectivity index (χ0) is 19.1. The Morgan fingerprint density at radius 1 is 1.11 bits per heavy atom. The Bertz CT molecular complexity index is 798. The lowest BCUT2D eigenvalue weighted by atomic mass is 10.00. The van der Waals surface area contributed by atoms with E-state index in [1.54, 1.807) is 7.05 Å². The first-order valence-electron chi connectivity index (χ1n) is 9.33. The van der Waals surface area contributed by atoms with Crippen molar-refractivity contribution in [2.24, 2.45) is 4.99 Å². The quantitative estimate of drug-likeness (QED) is 0.275. The van der Waals surface area contributed by atoms with Gasteiger partial charge >= 0.3 is 0 Å². The summed E-state index contributed by atoms with van der Waals surface area (Å²) in [7, 11) is 1.67. The van der Waals surface area contributed by atoms with E-state index in [-0.39, 0.29) is 36.1 Å². The zero-order valence-electron chi connectivity index (χ0n) is 16.0. The van der Waals surface area contributed by atoms with Crippen LogP contribution in [0.15, 0.2) is 47.5 Å². The Morgan fingerprint density at radius 3 is 2.68 bits per heavy atom. The molecule has 2 N–H and O–H groups in total. The van der Waals surface area contributed by atoms with E-state index in [1.807, 2.05) is 0 Å². The molecule has 7 heteroatoms. The van der Waals surface area contributed by atoms with Gasteiger partial charge in [0.1, 0.15) is 11.6 Å². The van der Waals surface area contributed by atoms with Crippen molar-refractivity contribution in [1.82, 2.24) is 15.5 Å². The van der Waals surface area contributed by atoms with E-state index in [4.69, 9.17) is 0 Å². The molecule has 2 aromatic carbocycles. The number of guanidine groups is 1. The average Bonchev–Trinajstić information content (AvgIpc) is 2.69. The number of benzene rings is 2. The Hall–Kier alpha value is -1.74. The van der Waals surface area contributed by atoms with Crippen molar-refractivity contribution in [3.8, 4) is 0 Å². The SMILES string of the molecule is CN=C(NCCCN1CCc2ccccc2C1)NCc1cc(F)ccc1F.I. The second-order valence-electron chi connectivity index (χ2n) is 6.74. The lowest BCUT2D eigenvalue weighted by Gasteiger charge is -2.28. The number of nitrogens with zero attached hydrogens (tertiary/aromatic N) is 2. The molecule has 28 heavy (non-hydrogen) atoms. The third kappa shape index (κ3) is 6.41. The lowest BCUT2D eigenvalue weighted by molar-refractivity contribution is 0.251. The van der Waals surface area contributed by atoms with Gasteiger partial charge in [0.15, 0.2) is 5.96 Å². The van der Waals surface area contributed by atoms with E-state index in [0.717, 1.165) is 51.2 Å². The van der Waals surface area contributed by atoms with Crippen LogP contribution in [0.1, 0.15) is 23.1 Å². The maximum absolute atomic E-state index is 13.7. The Labute approximate surface area is 182 Å². The van der Waals surface area contributed by atoms with Gasteiger partial charge in [-0.05, 0) is 42.2 Å². The van der Waals surface area contributed by atoms with E-state index in [2.05, 4.69) is 44.8 Å². The lowest BCUT2D eigenvalue weighted by Crippen LogP contribution is -2.39. The first kappa shape index (κ1) is 22.5. The predicted octanol–water partition coefficient (Wildman–Crippen LogP) is 3.70. The number of aliphatic imine (C=N–C) groups is 1. The molecule has 0 radical (unpaired) electrons. The number of hydrogen-bond donors (Lipinski definition) is 2. The molecule has 0 aliphatic carbocycles. The molecule has 0 fully saturated rings. The summed E-state index contributed by atoms with van der Waals surface area (Å²) in [6, 6.07) is 12.1. The highest BCUT2D eigenvalue weighted by Gasteiger charge is 2.14. The molecule has 3 rings (SSSR count). The molecule has 0 bridgehead atoms. The van der Waals surface area contributed by atoms with E-state index in [0.29, 0.717) is 5.96 Å². The summed E-state index contributed by atoms with van der Waals surface area (Å²) in [5.41, 5.74) is 3.16. The van der Waals surface area contributed by atoms with Gasteiger partial charge in [-0.1, -0.05) is 24.3 Å². The summed E-state index contributed by atoms with van der Waals surface area (Å²) < 4.78 is 26.9. The first-order chi connectivity index (χ1) is 13.2. The van der Waals surface area contributed by atoms with Crippen LogP contribution < -0.4 is 10.6 Å². The normalized spacial score (nSPS) is 14.2. The van der Waals surface area contributed by atoms with Crippen LogP contribution in [0.3, 0.4) is 0 Å². The second kappa shape index (κ2) is 11.3. The van der Waals surface area contributed by atoms with Crippen LogP contribution in [0.2, 0.25) is 0 Å². The van der Waals surface area contributed by atoms with E-state index in [9.17, 15) is 8.78 Å². The van der Waals surface area contributed by atoms with Gasteiger partial charge in [0, 0.05) is 45.3 Å². The Kier molecular flexibility index (Phi) is 9.11. The maximum Gasteiger partial charge on any atom is 0.191 e. The fourth-order valence-electron chi connectivity index (χ4n) is 3.33. The number of halogens is 3. The topological polar surface area (TPSA) is 39.7 Å². The van der Waals surface area contributed by atoms with Crippen LogP contribution in [0, 0.1) is 11.6 Å². The van der Waals surface area contributed by atoms with Gasteiger partial charge < -0.3 is 10.6 Å². The van der Waals surface area contributed by atoms with Crippen molar-refractivity contribution < 1.29 is 8.78 Å². The maximum atomic E-state index is 13.7. The third-order valence-electron chi connectivity index (χ3n) is 4.83. The van der Waals surface area contributed by atoms with Gasteiger partial charge in [-0.3, -0.25) is 9.89 Å². The molecule has 1 heterocycles. The van der Waals surface area contributed by atoms with Crippen molar-refractivity contribution in [1.29, 1.82) is 0 Å². The van der Waals surface area contributed by atoms with Gasteiger partial charge in [-0.15, -0.1) is 24.0 Å². The molecule has 1 aliphatic rings. The van der Waals surface area contributed by atoms with Crippen molar-refractivity contribution >= 4 is 29.9 Å². The van der Waals surface area contributed by atoms with Crippen LogP contribution in [-0.2, 0) is 19.5 Å². The van der Waals surface area contributed by atoms with Crippen molar-refractivity contribution in [3.05, 3.63) is 70.8 Å². The van der Waals surface area contributed by atoms with Crippen LogP contribution >= 0.6 is 24.0 Å². The van der Waals surface area contributed by atoms with E-state index >= 15 is 0 Å². The van der Waals surface area contributed by atoms with Gasteiger partial charge in [0.25, 0.3) is 0 Å². The van der Waals surface area contributed by atoms with Gasteiger partial charge in [0.05, 0.1) is 0 Å². The fourth-order valence-corrected chi connectivity index (χ4v) is 3.33. The van der Waals surface area contributed by atoms with Gasteiger partial charge in [-0.25, -0.2) is 8.78 Å². The molecule has 152 valence electrons. The number of hydrogen-bond acceptors (Lipinski definition) is 2. The highest BCUT2D eigenvalue weighted by molar-refractivity contribution is 14.0. The Morgan fingerprint density at radius 2 is 1.89 bits per heavy atom. The molecule has 0 aromatic heterocycles. The molecular weight excluding hydrogens is 473 g/mol. The van der Waals surface area contributed by atoms with E-state index in [1.165, 1.54) is 17.2 Å². The zero-order valence-corrected chi connectivity index (χ0v) is 18.4. The van der Waals surface area contributed by atoms with E-state index < -0.39 is 11.6 Å². The molecule has 4 nitrogen and oxygen atoms in total. The summed E-state index contributed by atoms with van der Waals surface area (Å²) in [6.07, 6.45) is 2.09. The Balaban J connectivity index is 0.00000280. The highest BCUT2D eigenvalue weighted by atomic mass is 127. The van der Waals surface area contributed by atoms with Gasteiger partial charge in [0.2, 0.25) is 0 Å². The van der Waals surface area contributed by atoms with Crippen LogP contribution in [-0.4, -0.2) is 37.5 Å². The van der Waals surface area contributed by atoms with Crippen molar-refractivity contribution in [2.75, 3.05) is 26.7 Å². The fraction of sp³-hybridized carbons (Fsp3) is 0.381. The molecule has 1 aliphatic heterocycles.